The van der Waals surface area contributed by atoms with Crippen molar-refractivity contribution in [3.05, 3.63) is 53.1 Å². The Morgan fingerprint density at radius 1 is 0.882 bits per heavy atom. The molecular formula is C15H15NO. The van der Waals surface area contributed by atoms with Gasteiger partial charge in [-0.2, -0.15) is 0 Å². The van der Waals surface area contributed by atoms with E-state index in [1.165, 1.54) is 5.56 Å². The summed E-state index contributed by atoms with van der Waals surface area (Å²) in [7, 11) is 0. The number of ketones is 1. The quantitative estimate of drug-likeness (QED) is 0.672. The first kappa shape index (κ1) is 11.5. The summed E-state index contributed by atoms with van der Waals surface area (Å²) < 4.78 is 0. The molecule has 1 aromatic rings. The molecule has 86 valence electrons. The van der Waals surface area contributed by atoms with Gasteiger partial charge in [0.25, 0.3) is 0 Å². The van der Waals surface area contributed by atoms with Crippen LogP contribution in [0.15, 0.2) is 52.6 Å². The van der Waals surface area contributed by atoms with E-state index in [0.717, 1.165) is 22.5 Å². The Kier molecular flexibility index (Phi) is 3.05. The third-order valence-corrected chi connectivity index (χ3v) is 2.74. The number of nitrogens with zero attached hydrogens (tertiary/aromatic N) is 1. The number of aryl methyl sites for hydroxylation is 1. The standard InChI is InChI=1S/C15H15NO/c1-10-4-6-13(7-5-10)16-14-8-11(2)15(17)12(3)9-14/h4-9H,1-3H3. The highest BCUT2D eigenvalue weighted by Crippen LogP contribution is 2.17. The SMILES string of the molecule is CC1=CC(=Nc2ccc(C)cc2)C=C(C)C1=O. The van der Waals surface area contributed by atoms with Gasteiger partial charge in [-0.25, -0.2) is 4.99 Å². The second-order valence-electron chi connectivity index (χ2n) is 4.36. The van der Waals surface area contributed by atoms with Gasteiger partial charge in [0, 0.05) is 0 Å². The maximum absolute atomic E-state index is 11.6. The minimum absolute atomic E-state index is 0.104. The molecule has 0 radical (unpaired) electrons. The molecule has 0 bridgehead atoms. The lowest BCUT2D eigenvalue weighted by atomic mass is 9.98. The number of allylic oxidation sites excluding steroid dienone is 4. The van der Waals surface area contributed by atoms with Gasteiger partial charge in [-0.05, 0) is 56.2 Å². The second-order valence-corrected chi connectivity index (χ2v) is 4.36. The summed E-state index contributed by atoms with van der Waals surface area (Å²) in [5.41, 5.74) is 4.45. The Hall–Kier alpha value is -1.96. The fourth-order valence-corrected chi connectivity index (χ4v) is 1.76. The molecule has 1 aliphatic rings. The average Bonchev–Trinajstić information content (AvgIpc) is 2.29. The Bertz CT molecular complexity index is 521. The van der Waals surface area contributed by atoms with Crippen molar-refractivity contribution < 1.29 is 4.79 Å². The van der Waals surface area contributed by atoms with Crippen LogP contribution < -0.4 is 0 Å². The maximum Gasteiger partial charge on any atom is 0.184 e. The monoisotopic (exact) mass is 225 g/mol. The van der Waals surface area contributed by atoms with Crippen LogP contribution in [0.2, 0.25) is 0 Å². The Labute approximate surface area is 101 Å². The fraction of sp³-hybridized carbons (Fsp3) is 0.200. The Balaban J connectivity index is 2.35. The summed E-state index contributed by atoms with van der Waals surface area (Å²) in [6, 6.07) is 8.01. The summed E-state index contributed by atoms with van der Waals surface area (Å²) in [5, 5.41) is 0. The van der Waals surface area contributed by atoms with E-state index in [1.54, 1.807) is 0 Å². The lowest BCUT2D eigenvalue weighted by Crippen LogP contribution is -2.10. The minimum Gasteiger partial charge on any atom is -0.289 e. The average molecular weight is 225 g/mol. The molecule has 0 heterocycles. The van der Waals surface area contributed by atoms with Gasteiger partial charge < -0.3 is 0 Å². The van der Waals surface area contributed by atoms with E-state index in [2.05, 4.69) is 4.99 Å². The van der Waals surface area contributed by atoms with Crippen molar-refractivity contribution in [2.45, 2.75) is 20.8 Å². The molecule has 0 aliphatic heterocycles. The van der Waals surface area contributed by atoms with E-state index in [1.807, 2.05) is 57.2 Å². The number of carbonyl (C=O) groups excluding carboxylic acids is 1. The number of hydrogen-bond donors (Lipinski definition) is 0. The number of aliphatic imine (C=N–C) groups is 1. The van der Waals surface area contributed by atoms with Crippen molar-refractivity contribution >= 4 is 17.2 Å². The smallest absolute Gasteiger partial charge is 0.184 e. The second kappa shape index (κ2) is 4.50. The predicted octanol–water partition coefficient (Wildman–Crippen LogP) is 3.54. The van der Waals surface area contributed by atoms with Crippen LogP contribution in [0.3, 0.4) is 0 Å². The summed E-state index contributed by atoms with van der Waals surface area (Å²) in [6.07, 6.45) is 3.66. The lowest BCUT2D eigenvalue weighted by molar-refractivity contribution is -0.112. The highest BCUT2D eigenvalue weighted by molar-refractivity contribution is 6.21. The van der Waals surface area contributed by atoms with Crippen molar-refractivity contribution in [1.82, 2.24) is 0 Å². The highest BCUT2D eigenvalue weighted by atomic mass is 16.1. The molecule has 17 heavy (non-hydrogen) atoms. The van der Waals surface area contributed by atoms with Crippen LogP contribution in [-0.4, -0.2) is 11.5 Å². The first-order chi connectivity index (χ1) is 8.06. The molecule has 0 saturated heterocycles. The van der Waals surface area contributed by atoms with Crippen LogP contribution in [0.25, 0.3) is 0 Å². The van der Waals surface area contributed by atoms with Crippen molar-refractivity contribution in [3.8, 4) is 0 Å². The lowest BCUT2D eigenvalue weighted by Gasteiger charge is -2.08. The molecular weight excluding hydrogens is 210 g/mol. The largest absolute Gasteiger partial charge is 0.289 e. The first-order valence-corrected chi connectivity index (χ1v) is 5.63. The van der Waals surface area contributed by atoms with E-state index >= 15 is 0 Å². The number of rotatable bonds is 1. The molecule has 2 heteroatoms. The number of Topliss-reactive ketones (excluding diaryl/α,β-unsaturated/α-hetero) is 1. The van der Waals surface area contributed by atoms with Crippen LogP contribution >= 0.6 is 0 Å². The third-order valence-electron chi connectivity index (χ3n) is 2.74. The molecule has 0 atom stereocenters. The molecule has 2 rings (SSSR count). The van der Waals surface area contributed by atoms with Crippen LogP contribution in [-0.2, 0) is 4.79 Å². The van der Waals surface area contributed by atoms with E-state index in [-0.39, 0.29) is 5.78 Å². The summed E-state index contributed by atoms with van der Waals surface area (Å²) in [4.78, 5) is 16.1. The van der Waals surface area contributed by atoms with Crippen LogP contribution in [0, 0.1) is 6.92 Å². The molecule has 0 amide bonds. The highest BCUT2D eigenvalue weighted by Gasteiger charge is 2.13. The maximum atomic E-state index is 11.6. The van der Waals surface area contributed by atoms with Crippen LogP contribution in [0.1, 0.15) is 19.4 Å². The van der Waals surface area contributed by atoms with Gasteiger partial charge in [-0.3, -0.25) is 4.79 Å². The van der Waals surface area contributed by atoms with Crippen LogP contribution in [0.5, 0.6) is 0 Å². The Morgan fingerprint density at radius 3 is 1.94 bits per heavy atom. The van der Waals surface area contributed by atoms with Crippen LogP contribution in [0.4, 0.5) is 5.69 Å². The zero-order chi connectivity index (χ0) is 12.4. The van der Waals surface area contributed by atoms with Gasteiger partial charge in [0.2, 0.25) is 0 Å². The molecule has 1 aliphatic carbocycles. The molecule has 0 fully saturated rings. The summed E-state index contributed by atoms with van der Waals surface area (Å²) in [5.74, 6) is 0.104. The summed E-state index contributed by atoms with van der Waals surface area (Å²) >= 11 is 0. The normalized spacial score (nSPS) is 15.5. The molecule has 2 nitrogen and oxygen atoms in total. The van der Waals surface area contributed by atoms with Gasteiger partial charge in [-0.15, -0.1) is 0 Å². The van der Waals surface area contributed by atoms with Crippen molar-refractivity contribution in [2.75, 3.05) is 0 Å². The predicted molar refractivity (Wildman–Crippen MR) is 70.8 cm³/mol. The van der Waals surface area contributed by atoms with Gasteiger partial charge in [0.1, 0.15) is 0 Å². The molecule has 0 unspecified atom stereocenters. The van der Waals surface area contributed by atoms with Crippen molar-refractivity contribution in [1.29, 1.82) is 0 Å². The van der Waals surface area contributed by atoms with E-state index < -0.39 is 0 Å². The van der Waals surface area contributed by atoms with Gasteiger partial charge in [0.05, 0.1) is 11.4 Å². The van der Waals surface area contributed by atoms with E-state index in [4.69, 9.17) is 0 Å². The van der Waals surface area contributed by atoms with Gasteiger partial charge in [-0.1, -0.05) is 17.7 Å². The van der Waals surface area contributed by atoms with Crippen molar-refractivity contribution in [3.63, 3.8) is 0 Å². The zero-order valence-corrected chi connectivity index (χ0v) is 10.3. The fourth-order valence-electron chi connectivity index (χ4n) is 1.76. The van der Waals surface area contributed by atoms with E-state index in [9.17, 15) is 4.79 Å². The molecule has 1 aromatic carbocycles. The van der Waals surface area contributed by atoms with Gasteiger partial charge in [0.15, 0.2) is 5.78 Å². The molecule has 0 N–H and O–H groups in total. The Morgan fingerprint density at radius 2 is 1.41 bits per heavy atom. The number of carbonyl (C=O) groups is 1. The zero-order valence-electron chi connectivity index (χ0n) is 10.3. The number of hydrogen-bond acceptors (Lipinski definition) is 2. The molecule has 0 aromatic heterocycles. The molecule has 0 spiro atoms. The first-order valence-electron chi connectivity index (χ1n) is 5.63. The topological polar surface area (TPSA) is 29.4 Å². The minimum atomic E-state index is 0.104. The number of benzene rings is 1. The third kappa shape index (κ3) is 2.59. The van der Waals surface area contributed by atoms with Crippen molar-refractivity contribution in [2.24, 2.45) is 4.99 Å². The molecule has 0 saturated carbocycles. The van der Waals surface area contributed by atoms with Gasteiger partial charge >= 0.3 is 0 Å². The van der Waals surface area contributed by atoms with E-state index in [0.29, 0.717) is 0 Å². The summed E-state index contributed by atoms with van der Waals surface area (Å²) in [6.45, 7) is 5.69.